The number of rotatable bonds is 4. The van der Waals surface area contributed by atoms with Crippen LogP contribution in [0.5, 0.6) is 5.75 Å². The number of furan rings is 1. The summed E-state index contributed by atoms with van der Waals surface area (Å²) in [6.07, 6.45) is 1.45. The van der Waals surface area contributed by atoms with Crippen LogP contribution in [0, 0.1) is 0 Å². The van der Waals surface area contributed by atoms with Gasteiger partial charge < -0.3 is 9.15 Å². The second-order valence-electron chi connectivity index (χ2n) is 7.24. The molecule has 5 aromatic rings. The molecule has 0 N–H and O–H groups in total. The van der Waals surface area contributed by atoms with Crippen LogP contribution in [0.4, 0.5) is 0 Å². The molecule has 0 radical (unpaired) electrons. The van der Waals surface area contributed by atoms with Gasteiger partial charge in [0.25, 0.3) is 5.56 Å². The van der Waals surface area contributed by atoms with E-state index in [0.29, 0.717) is 33.6 Å². The minimum atomic E-state index is -0.459. The molecule has 0 aliphatic carbocycles. The minimum absolute atomic E-state index is 0.259. The Bertz CT molecular complexity index is 1580. The molecule has 0 amide bonds. The number of halogens is 1. The lowest BCUT2D eigenvalue weighted by Crippen LogP contribution is -2.20. The normalized spacial score (nSPS) is 11.5. The molecule has 2 heterocycles. The van der Waals surface area contributed by atoms with Crippen molar-refractivity contribution in [1.82, 2.24) is 9.66 Å². The molecule has 3 aromatic carbocycles. The van der Waals surface area contributed by atoms with E-state index in [1.54, 1.807) is 36.4 Å². The number of para-hydroxylation sites is 2. The van der Waals surface area contributed by atoms with E-state index in [2.05, 4.69) is 26.0 Å². The zero-order valence-electron chi connectivity index (χ0n) is 17.4. The van der Waals surface area contributed by atoms with Crippen molar-refractivity contribution >= 4 is 50.0 Å². The van der Waals surface area contributed by atoms with Gasteiger partial charge in [0, 0.05) is 22.3 Å². The van der Waals surface area contributed by atoms with E-state index in [9.17, 15) is 9.59 Å². The van der Waals surface area contributed by atoms with E-state index in [1.807, 2.05) is 36.4 Å². The van der Waals surface area contributed by atoms with Crippen molar-refractivity contribution in [1.29, 1.82) is 0 Å². The highest BCUT2D eigenvalue weighted by Gasteiger charge is 2.16. The highest BCUT2D eigenvalue weighted by molar-refractivity contribution is 9.10. The molecule has 0 spiro atoms. The van der Waals surface area contributed by atoms with Gasteiger partial charge in [0.2, 0.25) is 5.82 Å². The molecule has 0 atom stereocenters. The van der Waals surface area contributed by atoms with Gasteiger partial charge in [-0.05, 0) is 42.5 Å². The first-order chi connectivity index (χ1) is 16.0. The van der Waals surface area contributed by atoms with Crippen molar-refractivity contribution in [3.05, 3.63) is 93.2 Å². The third kappa shape index (κ3) is 4.08. The fourth-order valence-corrected chi connectivity index (χ4v) is 3.85. The second-order valence-corrected chi connectivity index (χ2v) is 8.15. The van der Waals surface area contributed by atoms with Gasteiger partial charge in [-0.1, -0.05) is 46.3 Å². The zero-order chi connectivity index (χ0) is 22.9. The Hall–Kier alpha value is -4.04. The Morgan fingerprint density at radius 2 is 1.88 bits per heavy atom. The van der Waals surface area contributed by atoms with Crippen molar-refractivity contribution < 1.29 is 13.9 Å². The number of esters is 1. The highest BCUT2D eigenvalue weighted by Crippen LogP contribution is 2.27. The Labute approximate surface area is 196 Å². The SMILES string of the molecule is CC(=O)Oc1ccc(Br)cc1C=Nn1c(-c2cc3ccccc3o2)nc2ccccc2c1=O. The highest BCUT2D eigenvalue weighted by atomic mass is 79.9. The Morgan fingerprint density at radius 1 is 1.09 bits per heavy atom. The first-order valence-corrected chi connectivity index (χ1v) is 10.8. The summed E-state index contributed by atoms with van der Waals surface area (Å²) in [6.45, 7) is 1.32. The summed E-state index contributed by atoms with van der Waals surface area (Å²) in [5.74, 6) is 0.529. The Balaban J connectivity index is 1.72. The standard InChI is InChI=1S/C25H16BrN3O4/c1-15(30)32-22-11-10-18(26)12-17(22)14-27-29-24(23-13-16-6-2-5-9-21(16)33-23)28-20-8-4-3-7-19(20)25(29)31/h2-14H,1H3. The van der Waals surface area contributed by atoms with E-state index in [1.165, 1.54) is 17.8 Å². The number of aromatic nitrogens is 2. The third-order valence-corrected chi connectivity index (χ3v) is 5.43. The smallest absolute Gasteiger partial charge is 0.308 e. The molecule has 7 nitrogen and oxygen atoms in total. The molecule has 5 rings (SSSR count). The van der Waals surface area contributed by atoms with Crippen LogP contribution in [0.2, 0.25) is 0 Å². The number of nitrogens with zero attached hydrogens (tertiary/aromatic N) is 3. The monoisotopic (exact) mass is 501 g/mol. The quantitative estimate of drug-likeness (QED) is 0.187. The molecule has 0 aliphatic heterocycles. The van der Waals surface area contributed by atoms with E-state index >= 15 is 0 Å². The van der Waals surface area contributed by atoms with Crippen molar-refractivity contribution in [3.8, 4) is 17.3 Å². The third-order valence-electron chi connectivity index (χ3n) is 4.94. The van der Waals surface area contributed by atoms with E-state index in [0.717, 1.165) is 9.86 Å². The van der Waals surface area contributed by atoms with Crippen molar-refractivity contribution in [2.24, 2.45) is 5.10 Å². The van der Waals surface area contributed by atoms with E-state index in [4.69, 9.17) is 9.15 Å². The van der Waals surface area contributed by atoms with Gasteiger partial charge in [-0.25, -0.2) is 4.98 Å². The molecule has 0 fully saturated rings. The van der Waals surface area contributed by atoms with Crippen LogP contribution in [0.15, 0.2) is 91.6 Å². The average Bonchev–Trinajstić information content (AvgIpc) is 3.24. The molecule has 33 heavy (non-hydrogen) atoms. The number of hydrogen-bond acceptors (Lipinski definition) is 6. The van der Waals surface area contributed by atoms with Gasteiger partial charge in [-0.15, -0.1) is 0 Å². The Kier molecular flexibility index (Phi) is 5.35. The molecule has 162 valence electrons. The summed E-state index contributed by atoms with van der Waals surface area (Å²) in [5, 5.41) is 5.73. The van der Waals surface area contributed by atoms with Crippen molar-refractivity contribution in [3.63, 3.8) is 0 Å². The summed E-state index contributed by atoms with van der Waals surface area (Å²) in [6, 6.07) is 21.6. The Morgan fingerprint density at radius 3 is 2.70 bits per heavy atom. The maximum atomic E-state index is 13.4. The summed E-state index contributed by atoms with van der Waals surface area (Å²) in [4.78, 5) is 29.5. The lowest BCUT2D eigenvalue weighted by molar-refractivity contribution is -0.131. The molecule has 2 aromatic heterocycles. The molecule has 0 aliphatic rings. The number of benzene rings is 3. The number of carbonyl (C=O) groups excluding carboxylic acids is 1. The lowest BCUT2D eigenvalue weighted by atomic mass is 10.2. The van der Waals surface area contributed by atoms with Crippen LogP contribution in [0.25, 0.3) is 33.5 Å². The van der Waals surface area contributed by atoms with Crippen molar-refractivity contribution in [2.75, 3.05) is 0 Å². The number of hydrogen-bond donors (Lipinski definition) is 0. The maximum Gasteiger partial charge on any atom is 0.308 e. The minimum Gasteiger partial charge on any atom is -0.453 e. The first-order valence-electron chi connectivity index (χ1n) is 10.0. The molecular weight excluding hydrogens is 486 g/mol. The molecule has 0 saturated carbocycles. The second kappa shape index (κ2) is 8.48. The summed E-state index contributed by atoms with van der Waals surface area (Å²) >= 11 is 3.41. The maximum absolute atomic E-state index is 13.4. The van der Waals surface area contributed by atoms with E-state index in [-0.39, 0.29) is 11.4 Å². The van der Waals surface area contributed by atoms with Crippen LogP contribution in [-0.4, -0.2) is 21.8 Å². The van der Waals surface area contributed by atoms with Gasteiger partial charge >= 0.3 is 5.97 Å². The molecule has 0 saturated heterocycles. The van der Waals surface area contributed by atoms with Crippen LogP contribution in [0.3, 0.4) is 0 Å². The fourth-order valence-electron chi connectivity index (χ4n) is 3.47. The van der Waals surface area contributed by atoms with Gasteiger partial charge in [0.05, 0.1) is 17.1 Å². The van der Waals surface area contributed by atoms with Crippen LogP contribution in [0.1, 0.15) is 12.5 Å². The summed E-state index contributed by atoms with van der Waals surface area (Å²) < 4.78 is 13.2. The fraction of sp³-hybridized carbons (Fsp3) is 0.0400. The van der Waals surface area contributed by atoms with Crippen LogP contribution >= 0.6 is 15.9 Å². The number of carbonyl (C=O) groups is 1. The van der Waals surface area contributed by atoms with Gasteiger partial charge in [0.15, 0.2) is 5.76 Å². The summed E-state index contributed by atoms with van der Waals surface area (Å²) in [5.41, 5.74) is 1.37. The van der Waals surface area contributed by atoms with Crippen LogP contribution in [-0.2, 0) is 4.79 Å². The van der Waals surface area contributed by atoms with Gasteiger partial charge in [-0.3, -0.25) is 9.59 Å². The van der Waals surface area contributed by atoms with Gasteiger partial charge in [0.1, 0.15) is 11.3 Å². The predicted molar refractivity (Wildman–Crippen MR) is 130 cm³/mol. The summed E-state index contributed by atoms with van der Waals surface area (Å²) in [7, 11) is 0. The van der Waals surface area contributed by atoms with Crippen LogP contribution < -0.4 is 10.3 Å². The molecule has 0 bridgehead atoms. The number of ether oxygens (including phenoxy) is 1. The number of fused-ring (bicyclic) bond motifs is 2. The van der Waals surface area contributed by atoms with E-state index < -0.39 is 5.97 Å². The van der Waals surface area contributed by atoms with Crippen molar-refractivity contribution in [2.45, 2.75) is 6.92 Å². The average molecular weight is 502 g/mol. The van der Waals surface area contributed by atoms with Gasteiger partial charge in [-0.2, -0.15) is 9.78 Å². The molecule has 8 heteroatoms. The lowest BCUT2D eigenvalue weighted by Gasteiger charge is -2.08. The molecule has 0 unspecified atom stereocenters. The molecular formula is C25H16BrN3O4. The first kappa shape index (κ1) is 20.8. The predicted octanol–water partition coefficient (Wildman–Crippen LogP) is 5.38. The topological polar surface area (TPSA) is 86.7 Å². The largest absolute Gasteiger partial charge is 0.453 e. The zero-order valence-corrected chi connectivity index (χ0v) is 18.9.